The molecule has 47 heavy (non-hydrogen) atoms. The summed E-state index contributed by atoms with van der Waals surface area (Å²) in [6, 6.07) is 15.9. The van der Waals surface area contributed by atoms with E-state index in [2.05, 4.69) is 33.2 Å². The zero-order valence-electron chi connectivity index (χ0n) is 26.9. The van der Waals surface area contributed by atoms with Gasteiger partial charge in [0.25, 0.3) is 6.43 Å². The fourth-order valence-corrected chi connectivity index (χ4v) is 6.27. The molecule has 0 saturated carbocycles. The fraction of sp³-hybridized carbons (Fsp3) is 0.457. The Morgan fingerprint density at radius 2 is 1.72 bits per heavy atom. The molecule has 2 aliphatic rings. The van der Waals surface area contributed by atoms with Crippen LogP contribution in [0.2, 0.25) is 0 Å². The number of ether oxygens (including phenoxy) is 2. The molecule has 0 spiro atoms. The maximum absolute atomic E-state index is 12.7. The Kier molecular flexibility index (Phi) is 9.36. The molecule has 2 aromatic heterocycles. The van der Waals surface area contributed by atoms with E-state index in [0.717, 1.165) is 24.0 Å². The molecule has 4 aromatic rings. The summed E-state index contributed by atoms with van der Waals surface area (Å²) in [6.07, 6.45) is 1.70. The third-order valence-corrected chi connectivity index (χ3v) is 8.69. The van der Waals surface area contributed by atoms with Gasteiger partial charge in [-0.05, 0) is 76.4 Å². The van der Waals surface area contributed by atoms with Crippen molar-refractivity contribution in [1.82, 2.24) is 29.7 Å². The summed E-state index contributed by atoms with van der Waals surface area (Å²) in [6.45, 7) is 7.78. The van der Waals surface area contributed by atoms with Gasteiger partial charge in [-0.3, -0.25) is 4.90 Å². The number of nitriles is 1. The number of carbonyl (C=O) groups excluding carboxylic acids is 1. The number of halogens is 2. The number of benzene rings is 2. The van der Waals surface area contributed by atoms with Crippen molar-refractivity contribution in [2.45, 2.75) is 70.5 Å². The number of nitrogens with one attached hydrogen (secondary N) is 1. The number of piperidine rings is 2. The predicted octanol–water partition coefficient (Wildman–Crippen LogP) is 6.78. The van der Waals surface area contributed by atoms with E-state index < -0.39 is 12.0 Å². The van der Waals surface area contributed by atoms with Gasteiger partial charge in [-0.2, -0.15) is 5.26 Å². The van der Waals surface area contributed by atoms with Gasteiger partial charge in [0.15, 0.2) is 5.65 Å². The second-order valence-electron chi connectivity index (χ2n) is 13.2. The Bertz CT molecular complexity index is 1750. The summed E-state index contributed by atoms with van der Waals surface area (Å²) in [4.78, 5) is 32.9. The maximum atomic E-state index is 12.7. The fourth-order valence-electron chi connectivity index (χ4n) is 6.27. The van der Waals surface area contributed by atoms with Crippen LogP contribution in [0.1, 0.15) is 63.5 Å². The number of imidazole rings is 1. The van der Waals surface area contributed by atoms with Gasteiger partial charge in [0.05, 0.1) is 17.8 Å². The lowest BCUT2D eigenvalue weighted by Crippen LogP contribution is -2.44. The Balaban J connectivity index is 1.13. The second-order valence-corrected chi connectivity index (χ2v) is 13.2. The number of carbonyl (C=O) groups is 1. The molecule has 0 aliphatic carbocycles. The SMILES string of the molecule is CC(C)(C)OC(=O)N1CCC(Oc2ccc(-c3ncnc4nc(-c5ccc(C6CCN(CC(F)F)CC6)cc5)[nH]c34)cc2C#N)CC1. The van der Waals surface area contributed by atoms with E-state index in [0.29, 0.717) is 78.9 Å². The van der Waals surface area contributed by atoms with E-state index in [1.54, 1.807) is 17.0 Å². The average Bonchev–Trinajstić information content (AvgIpc) is 3.49. The predicted molar refractivity (Wildman–Crippen MR) is 173 cm³/mol. The van der Waals surface area contributed by atoms with Crippen LogP contribution in [0.3, 0.4) is 0 Å². The Hall–Kier alpha value is -4.63. The first-order valence-corrected chi connectivity index (χ1v) is 16.1. The minimum absolute atomic E-state index is 0.128. The van der Waals surface area contributed by atoms with Gasteiger partial charge in [-0.1, -0.05) is 24.3 Å². The van der Waals surface area contributed by atoms with Gasteiger partial charge in [0.2, 0.25) is 0 Å². The van der Waals surface area contributed by atoms with Gasteiger partial charge in [0.1, 0.15) is 41.2 Å². The molecule has 2 fully saturated rings. The van der Waals surface area contributed by atoms with Crippen LogP contribution in [0.15, 0.2) is 48.8 Å². The Morgan fingerprint density at radius 1 is 1.02 bits per heavy atom. The van der Waals surface area contributed by atoms with Crippen LogP contribution in [0.4, 0.5) is 13.6 Å². The number of nitrogens with zero attached hydrogens (tertiary/aromatic N) is 6. The van der Waals surface area contributed by atoms with Gasteiger partial charge in [-0.15, -0.1) is 0 Å². The smallest absolute Gasteiger partial charge is 0.410 e. The van der Waals surface area contributed by atoms with E-state index in [1.807, 2.05) is 43.9 Å². The number of H-pyrrole nitrogens is 1. The minimum atomic E-state index is -2.30. The molecule has 2 aromatic carbocycles. The maximum Gasteiger partial charge on any atom is 0.410 e. The molecule has 0 unspecified atom stereocenters. The molecule has 2 aliphatic heterocycles. The van der Waals surface area contributed by atoms with Crippen LogP contribution >= 0.6 is 0 Å². The number of hydrogen-bond donors (Lipinski definition) is 1. The largest absolute Gasteiger partial charge is 0.489 e. The molecular formula is C35H39F2N7O3. The van der Waals surface area contributed by atoms with Crippen LogP contribution in [0.5, 0.6) is 5.75 Å². The number of hydrogen-bond acceptors (Lipinski definition) is 8. The summed E-state index contributed by atoms with van der Waals surface area (Å²) in [7, 11) is 0. The van der Waals surface area contributed by atoms with Gasteiger partial charge in [-0.25, -0.2) is 28.5 Å². The van der Waals surface area contributed by atoms with Gasteiger partial charge in [0, 0.05) is 37.1 Å². The number of alkyl halides is 2. The number of rotatable bonds is 7. The number of amides is 1. The first-order chi connectivity index (χ1) is 22.6. The highest BCUT2D eigenvalue weighted by Crippen LogP contribution is 2.33. The second kappa shape index (κ2) is 13.6. The quantitative estimate of drug-likeness (QED) is 0.234. The molecule has 0 atom stereocenters. The molecule has 1 amide bonds. The topological polar surface area (TPSA) is 120 Å². The molecule has 1 N–H and O–H groups in total. The molecular weight excluding hydrogens is 604 g/mol. The van der Waals surface area contributed by atoms with E-state index >= 15 is 0 Å². The molecule has 6 rings (SSSR count). The zero-order valence-corrected chi connectivity index (χ0v) is 26.9. The van der Waals surface area contributed by atoms with Crippen molar-refractivity contribution in [2.24, 2.45) is 0 Å². The third-order valence-electron chi connectivity index (χ3n) is 8.69. The molecule has 4 heterocycles. The Labute approximate surface area is 272 Å². The van der Waals surface area contributed by atoms with Crippen LogP contribution in [0, 0.1) is 11.3 Å². The summed E-state index contributed by atoms with van der Waals surface area (Å²) < 4.78 is 37.2. The van der Waals surface area contributed by atoms with Crippen molar-refractivity contribution in [3.63, 3.8) is 0 Å². The normalized spacial score (nSPS) is 16.8. The van der Waals surface area contributed by atoms with Crippen molar-refractivity contribution in [2.75, 3.05) is 32.7 Å². The van der Waals surface area contributed by atoms with E-state index in [1.165, 1.54) is 11.9 Å². The number of fused-ring (bicyclic) bond motifs is 1. The van der Waals surface area contributed by atoms with E-state index in [-0.39, 0.29) is 18.7 Å². The van der Waals surface area contributed by atoms with Crippen LogP contribution in [0.25, 0.3) is 33.8 Å². The molecule has 12 heteroatoms. The Morgan fingerprint density at radius 3 is 2.38 bits per heavy atom. The van der Waals surface area contributed by atoms with Crippen molar-refractivity contribution in [3.05, 3.63) is 59.9 Å². The lowest BCUT2D eigenvalue weighted by atomic mass is 9.89. The van der Waals surface area contributed by atoms with E-state index in [4.69, 9.17) is 14.5 Å². The zero-order chi connectivity index (χ0) is 33.1. The van der Waals surface area contributed by atoms with Gasteiger partial charge < -0.3 is 19.4 Å². The minimum Gasteiger partial charge on any atom is -0.489 e. The monoisotopic (exact) mass is 643 g/mol. The molecule has 2 saturated heterocycles. The standard InChI is InChI=1S/C35H39F2N7O3/c1-35(2,3)47-34(45)44-16-12-27(13-17-44)46-28-9-8-25(18-26(28)19-38)30-31-33(40-21-39-30)42-32(41-31)24-6-4-22(5-7-24)23-10-14-43(15-11-23)20-29(36)37/h4-9,18,21,23,27,29H,10-17,20H2,1-3H3,(H,39,40,41,42). The molecule has 0 radical (unpaired) electrons. The first kappa shape index (κ1) is 32.3. The molecule has 10 nitrogen and oxygen atoms in total. The summed E-state index contributed by atoms with van der Waals surface area (Å²) >= 11 is 0. The number of aromatic nitrogens is 4. The van der Waals surface area contributed by atoms with Crippen LogP contribution in [-0.4, -0.2) is 86.7 Å². The van der Waals surface area contributed by atoms with E-state index in [9.17, 15) is 18.8 Å². The highest BCUT2D eigenvalue weighted by molar-refractivity contribution is 5.89. The lowest BCUT2D eigenvalue weighted by molar-refractivity contribution is 0.0126. The van der Waals surface area contributed by atoms with Crippen molar-refractivity contribution < 1.29 is 23.0 Å². The van der Waals surface area contributed by atoms with Crippen molar-refractivity contribution >= 4 is 17.3 Å². The lowest BCUT2D eigenvalue weighted by Gasteiger charge is -2.33. The van der Waals surface area contributed by atoms with Gasteiger partial charge >= 0.3 is 6.09 Å². The molecule has 0 bridgehead atoms. The van der Waals surface area contributed by atoms with Crippen LogP contribution < -0.4 is 4.74 Å². The highest BCUT2D eigenvalue weighted by atomic mass is 19.3. The van der Waals surface area contributed by atoms with Crippen molar-refractivity contribution in [3.8, 4) is 34.5 Å². The average molecular weight is 644 g/mol. The summed E-state index contributed by atoms with van der Waals surface area (Å²) in [5.41, 5.74) is 4.45. The molecule has 246 valence electrons. The third kappa shape index (κ3) is 7.68. The summed E-state index contributed by atoms with van der Waals surface area (Å²) in [5.74, 6) is 1.48. The highest BCUT2D eigenvalue weighted by Gasteiger charge is 2.28. The van der Waals surface area contributed by atoms with Crippen molar-refractivity contribution in [1.29, 1.82) is 5.26 Å². The number of aromatic amines is 1. The first-order valence-electron chi connectivity index (χ1n) is 16.1. The number of likely N-dealkylation sites (tertiary alicyclic amines) is 2. The van der Waals surface area contributed by atoms with Crippen LogP contribution in [-0.2, 0) is 4.74 Å². The summed E-state index contributed by atoms with van der Waals surface area (Å²) in [5, 5.41) is 9.99.